The predicted octanol–water partition coefficient (Wildman–Crippen LogP) is 5.10. The van der Waals surface area contributed by atoms with Crippen LogP contribution in [-0.2, 0) is 10.0 Å². The van der Waals surface area contributed by atoms with Crippen LogP contribution in [0.5, 0.6) is 0 Å². The molecule has 3 aromatic rings. The monoisotopic (exact) mass is 455 g/mol. The van der Waals surface area contributed by atoms with Crippen LogP contribution in [0.15, 0.2) is 82.8 Å². The van der Waals surface area contributed by atoms with Crippen LogP contribution in [0.2, 0.25) is 5.02 Å². The van der Waals surface area contributed by atoms with Gasteiger partial charge in [-0.3, -0.25) is 10.1 Å². The average molecular weight is 456 g/mol. The summed E-state index contributed by atoms with van der Waals surface area (Å²) in [4.78, 5) is 10.9. The van der Waals surface area contributed by atoms with Gasteiger partial charge in [-0.2, -0.15) is 17.9 Å². The van der Waals surface area contributed by atoms with E-state index in [1.165, 1.54) is 24.3 Å². The van der Waals surface area contributed by atoms with Gasteiger partial charge in [-0.1, -0.05) is 53.6 Å². The number of aryl methyl sites for hydroxylation is 1. The minimum Gasteiger partial charge on any atom is -0.258 e. The van der Waals surface area contributed by atoms with Crippen LogP contribution in [0.1, 0.15) is 29.2 Å². The molecule has 1 unspecified atom stereocenters. The lowest BCUT2D eigenvalue weighted by Crippen LogP contribution is -2.27. The minimum atomic E-state index is -3.99. The zero-order valence-corrected chi connectivity index (χ0v) is 18.0. The number of hydrogen-bond donors (Lipinski definition) is 0. The number of rotatable bonds is 5. The standard InChI is InChI=1S/C22H18ClN3O4S/c1-15-5-11-20(12-6-15)31(29,30)25-22(17-3-2-4-19(13-17)26(27)28)14-21(24-25)16-7-9-18(23)10-8-16/h2-13,22H,14H2,1H3. The number of nitro benzene ring substituents is 1. The molecule has 0 spiro atoms. The van der Waals surface area contributed by atoms with Crippen LogP contribution in [0.25, 0.3) is 0 Å². The normalized spacial score (nSPS) is 16.3. The third-order valence-electron chi connectivity index (χ3n) is 5.08. The van der Waals surface area contributed by atoms with Crippen molar-refractivity contribution in [2.75, 3.05) is 0 Å². The van der Waals surface area contributed by atoms with Gasteiger partial charge in [-0.25, -0.2) is 0 Å². The van der Waals surface area contributed by atoms with Crippen molar-refractivity contribution in [3.8, 4) is 0 Å². The molecule has 9 heteroatoms. The molecule has 0 aliphatic carbocycles. The lowest BCUT2D eigenvalue weighted by atomic mass is 9.99. The van der Waals surface area contributed by atoms with Gasteiger partial charge in [0.15, 0.2) is 0 Å². The second-order valence-electron chi connectivity index (χ2n) is 7.22. The number of nitro groups is 1. The Balaban J connectivity index is 1.81. The van der Waals surface area contributed by atoms with Crippen LogP contribution < -0.4 is 0 Å². The molecule has 0 saturated heterocycles. The molecule has 1 aliphatic rings. The summed E-state index contributed by atoms with van der Waals surface area (Å²) in [6.07, 6.45) is 0.272. The molecule has 0 saturated carbocycles. The zero-order chi connectivity index (χ0) is 22.2. The first kappa shape index (κ1) is 21.0. The van der Waals surface area contributed by atoms with Crippen molar-refractivity contribution in [2.24, 2.45) is 5.10 Å². The third kappa shape index (κ3) is 4.17. The third-order valence-corrected chi connectivity index (χ3v) is 7.03. The van der Waals surface area contributed by atoms with E-state index in [9.17, 15) is 18.5 Å². The maximum absolute atomic E-state index is 13.4. The molecule has 1 aliphatic heterocycles. The highest BCUT2D eigenvalue weighted by Crippen LogP contribution is 2.38. The number of halogens is 1. The highest BCUT2D eigenvalue weighted by Gasteiger charge is 2.38. The maximum Gasteiger partial charge on any atom is 0.279 e. The molecular weight excluding hydrogens is 438 g/mol. The van der Waals surface area contributed by atoms with Crippen molar-refractivity contribution in [3.63, 3.8) is 0 Å². The van der Waals surface area contributed by atoms with E-state index in [0.717, 1.165) is 15.5 Å². The van der Waals surface area contributed by atoms with Crippen LogP contribution >= 0.6 is 11.6 Å². The van der Waals surface area contributed by atoms with E-state index in [0.29, 0.717) is 16.3 Å². The van der Waals surface area contributed by atoms with Crippen molar-refractivity contribution < 1.29 is 13.3 Å². The molecule has 0 amide bonds. The summed E-state index contributed by atoms with van der Waals surface area (Å²) in [6.45, 7) is 1.87. The van der Waals surface area contributed by atoms with Crippen LogP contribution in [0, 0.1) is 17.0 Å². The van der Waals surface area contributed by atoms with Gasteiger partial charge in [-0.15, -0.1) is 0 Å². The molecule has 0 bridgehead atoms. The van der Waals surface area contributed by atoms with E-state index in [-0.39, 0.29) is 17.0 Å². The van der Waals surface area contributed by atoms with Gasteiger partial charge in [0.1, 0.15) is 0 Å². The number of sulfonamides is 1. The summed E-state index contributed by atoms with van der Waals surface area (Å²) in [5.74, 6) is 0. The molecular formula is C22H18ClN3O4S. The Kier molecular flexibility index (Phi) is 5.51. The Morgan fingerprint density at radius 3 is 2.39 bits per heavy atom. The number of benzene rings is 3. The van der Waals surface area contributed by atoms with Gasteiger partial charge in [0.05, 0.1) is 21.6 Å². The summed E-state index contributed by atoms with van der Waals surface area (Å²) < 4.78 is 27.9. The average Bonchev–Trinajstić information content (AvgIpc) is 3.21. The lowest BCUT2D eigenvalue weighted by molar-refractivity contribution is -0.384. The molecule has 1 atom stereocenters. The quantitative estimate of drug-likeness (QED) is 0.395. The Bertz CT molecular complexity index is 1270. The molecule has 3 aromatic carbocycles. The Morgan fingerprint density at radius 2 is 1.74 bits per heavy atom. The predicted molar refractivity (Wildman–Crippen MR) is 119 cm³/mol. The Morgan fingerprint density at radius 1 is 1.06 bits per heavy atom. The summed E-state index contributed by atoms with van der Waals surface area (Å²) in [5.41, 5.74) is 2.62. The van der Waals surface area contributed by atoms with Crippen molar-refractivity contribution in [1.82, 2.24) is 4.41 Å². The molecule has 0 aromatic heterocycles. The van der Waals surface area contributed by atoms with Crippen molar-refractivity contribution in [1.29, 1.82) is 0 Å². The van der Waals surface area contributed by atoms with Gasteiger partial charge in [-0.05, 0) is 42.3 Å². The zero-order valence-electron chi connectivity index (χ0n) is 16.5. The first-order chi connectivity index (χ1) is 14.8. The number of hydrazone groups is 1. The van der Waals surface area contributed by atoms with Gasteiger partial charge in [0.2, 0.25) is 0 Å². The first-order valence-corrected chi connectivity index (χ1v) is 11.3. The molecule has 0 N–H and O–H groups in total. The summed E-state index contributed by atoms with van der Waals surface area (Å²) in [6, 6.07) is 18.7. The highest BCUT2D eigenvalue weighted by atomic mass is 35.5. The van der Waals surface area contributed by atoms with Gasteiger partial charge >= 0.3 is 0 Å². The van der Waals surface area contributed by atoms with E-state index in [4.69, 9.17) is 11.6 Å². The second-order valence-corrected chi connectivity index (χ2v) is 9.45. The largest absolute Gasteiger partial charge is 0.279 e. The van der Waals surface area contributed by atoms with E-state index in [1.807, 2.05) is 6.92 Å². The summed E-state index contributed by atoms with van der Waals surface area (Å²) in [5, 5.41) is 16.2. The molecule has 31 heavy (non-hydrogen) atoms. The number of non-ortho nitro benzene ring substituents is 1. The van der Waals surface area contributed by atoms with E-state index in [1.54, 1.807) is 48.5 Å². The fraction of sp³-hybridized carbons (Fsp3) is 0.136. The molecule has 158 valence electrons. The van der Waals surface area contributed by atoms with Crippen LogP contribution in [0.4, 0.5) is 5.69 Å². The fourth-order valence-electron chi connectivity index (χ4n) is 3.44. The first-order valence-electron chi connectivity index (χ1n) is 9.44. The fourth-order valence-corrected chi connectivity index (χ4v) is 5.00. The van der Waals surface area contributed by atoms with Gasteiger partial charge in [0, 0.05) is 23.6 Å². The van der Waals surface area contributed by atoms with Crippen molar-refractivity contribution in [3.05, 3.63) is 105 Å². The summed E-state index contributed by atoms with van der Waals surface area (Å²) >= 11 is 5.97. The van der Waals surface area contributed by atoms with Crippen molar-refractivity contribution >= 4 is 33.0 Å². The topological polar surface area (TPSA) is 92.9 Å². The van der Waals surface area contributed by atoms with E-state index < -0.39 is 21.0 Å². The SMILES string of the molecule is Cc1ccc(S(=O)(=O)N2N=C(c3ccc(Cl)cc3)CC2c2cccc([N+](=O)[O-])c2)cc1. The molecule has 0 radical (unpaired) electrons. The van der Waals surface area contributed by atoms with E-state index in [2.05, 4.69) is 5.10 Å². The van der Waals surface area contributed by atoms with Crippen molar-refractivity contribution in [2.45, 2.75) is 24.3 Å². The van der Waals surface area contributed by atoms with Crippen LogP contribution in [0.3, 0.4) is 0 Å². The molecule has 4 rings (SSSR count). The molecule has 7 nitrogen and oxygen atoms in total. The highest BCUT2D eigenvalue weighted by molar-refractivity contribution is 7.89. The number of hydrogen-bond acceptors (Lipinski definition) is 5. The van der Waals surface area contributed by atoms with E-state index >= 15 is 0 Å². The Labute approximate surface area is 184 Å². The smallest absolute Gasteiger partial charge is 0.258 e. The summed E-state index contributed by atoms with van der Waals surface area (Å²) in [7, 11) is -3.99. The molecule has 0 fully saturated rings. The Hall–Kier alpha value is -3.23. The number of nitrogens with zero attached hydrogens (tertiary/aromatic N) is 3. The molecule has 1 heterocycles. The minimum absolute atomic E-state index is 0.106. The maximum atomic E-state index is 13.4. The lowest BCUT2D eigenvalue weighted by Gasteiger charge is -2.23. The van der Waals surface area contributed by atoms with Gasteiger partial charge in [0.25, 0.3) is 15.7 Å². The van der Waals surface area contributed by atoms with Gasteiger partial charge < -0.3 is 0 Å². The van der Waals surface area contributed by atoms with Crippen LogP contribution in [-0.4, -0.2) is 23.5 Å². The second kappa shape index (κ2) is 8.13.